The van der Waals surface area contributed by atoms with E-state index in [1.54, 1.807) is 18.5 Å². The molecule has 0 aliphatic rings. The Balaban J connectivity index is 2.64. The quantitative estimate of drug-likeness (QED) is 0.794. The van der Waals surface area contributed by atoms with E-state index in [1.165, 1.54) is 7.11 Å². The van der Waals surface area contributed by atoms with E-state index >= 15 is 0 Å². The van der Waals surface area contributed by atoms with Gasteiger partial charge < -0.3 is 9.72 Å². The minimum atomic E-state index is -0.373. The smallest absolute Gasteiger partial charge is 0.339 e. The minimum Gasteiger partial charge on any atom is -0.465 e. The number of hydrogen-bond acceptors (Lipinski definition) is 3. The molecule has 0 atom stereocenters. The van der Waals surface area contributed by atoms with E-state index in [4.69, 9.17) is 0 Å². The van der Waals surface area contributed by atoms with E-state index in [-0.39, 0.29) is 5.97 Å². The lowest BCUT2D eigenvalue weighted by Gasteiger charge is -2.01. The van der Waals surface area contributed by atoms with Gasteiger partial charge in [0, 0.05) is 4.47 Å². The van der Waals surface area contributed by atoms with Gasteiger partial charge >= 0.3 is 5.97 Å². The van der Waals surface area contributed by atoms with Crippen LogP contribution in [-0.2, 0) is 4.74 Å². The molecule has 0 aliphatic heterocycles. The van der Waals surface area contributed by atoms with Crippen LogP contribution in [0.1, 0.15) is 10.4 Å². The van der Waals surface area contributed by atoms with E-state index in [2.05, 4.69) is 30.6 Å². The van der Waals surface area contributed by atoms with E-state index in [9.17, 15) is 4.79 Å². The molecule has 2 aromatic rings. The van der Waals surface area contributed by atoms with Crippen LogP contribution in [-0.4, -0.2) is 23.0 Å². The maximum Gasteiger partial charge on any atom is 0.339 e. The lowest BCUT2D eigenvalue weighted by molar-refractivity contribution is 0.0600. The number of carbonyl (C=O) groups excluding carboxylic acids is 1. The average molecular weight is 255 g/mol. The maximum atomic E-state index is 11.3. The summed E-state index contributed by atoms with van der Waals surface area (Å²) < 4.78 is 5.33. The molecule has 0 bridgehead atoms. The third-order valence-electron chi connectivity index (χ3n) is 1.91. The van der Waals surface area contributed by atoms with Gasteiger partial charge in [-0.15, -0.1) is 0 Å². The molecule has 0 amide bonds. The summed E-state index contributed by atoms with van der Waals surface area (Å²) in [6, 6.07) is 3.48. The van der Waals surface area contributed by atoms with Crippen molar-refractivity contribution in [2.45, 2.75) is 0 Å². The van der Waals surface area contributed by atoms with Crippen molar-refractivity contribution in [2.24, 2.45) is 0 Å². The Labute approximate surface area is 88.4 Å². The van der Waals surface area contributed by atoms with Gasteiger partial charge in [0.2, 0.25) is 0 Å². The molecular weight excluding hydrogens is 248 g/mol. The van der Waals surface area contributed by atoms with Crippen molar-refractivity contribution in [3.63, 3.8) is 0 Å². The van der Waals surface area contributed by atoms with Crippen LogP contribution in [0.5, 0.6) is 0 Å². The van der Waals surface area contributed by atoms with Gasteiger partial charge in [0.1, 0.15) is 0 Å². The number of ether oxygens (including phenoxy) is 1. The van der Waals surface area contributed by atoms with Crippen LogP contribution in [0.4, 0.5) is 0 Å². The molecule has 0 spiro atoms. The summed E-state index contributed by atoms with van der Waals surface area (Å²) >= 11 is 3.29. The van der Waals surface area contributed by atoms with Crippen LogP contribution in [0.2, 0.25) is 0 Å². The molecule has 0 aliphatic carbocycles. The predicted molar refractivity (Wildman–Crippen MR) is 55.1 cm³/mol. The SMILES string of the molecule is COC(=O)c1cc2nc[nH]c2cc1Br. The van der Waals surface area contributed by atoms with E-state index in [1.807, 2.05) is 0 Å². The molecule has 1 N–H and O–H groups in total. The number of benzene rings is 1. The molecule has 1 aromatic carbocycles. The molecule has 1 heterocycles. The molecule has 72 valence electrons. The number of aromatic amines is 1. The van der Waals surface area contributed by atoms with Gasteiger partial charge in [0.25, 0.3) is 0 Å². The number of nitrogens with zero attached hydrogens (tertiary/aromatic N) is 1. The van der Waals surface area contributed by atoms with Gasteiger partial charge in [-0.1, -0.05) is 0 Å². The number of halogens is 1. The third kappa shape index (κ3) is 1.39. The summed E-state index contributed by atoms with van der Waals surface area (Å²) in [7, 11) is 1.35. The van der Waals surface area contributed by atoms with Gasteiger partial charge in [0.05, 0.1) is 30.0 Å². The molecule has 5 heteroatoms. The minimum absolute atomic E-state index is 0.373. The van der Waals surface area contributed by atoms with Crippen molar-refractivity contribution < 1.29 is 9.53 Å². The highest BCUT2D eigenvalue weighted by molar-refractivity contribution is 9.10. The van der Waals surface area contributed by atoms with Crippen LogP contribution < -0.4 is 0 Å². The highest BCUT2D eigenvalue weighted by Crippen LogP contribution is 2.22. The second-order valence-electron chi connectivity index (χ2n) is 2.74. The number of fused-ring (bicyclic) bond motifs is 1. The second-order valence-corrected chi connectivity index (χ2v) is 3.60. The van der Waals surface area contributed by atoms with Gasteiger partial charge in [-0.3, -0.25) is 0 Å². The Bertz CT molecular complexity index is 493. The predicted octanol–water partition coefficient (Wildman–Crippen LogP) is 2.11. The van der Waals surface area contributed by atoms with E-state index in [0.717, 1.165) is 11.0 Å². The van der Waals surface area contributed by atoms with Gasteiger partial charge in [0.15, 0.2) is 0 Å². The molecule has 0 unspecified atom stereocenters. The number of imidazole rings is 1. The molecule has 0 saturated heterocycles. The standard InChI is InChI=1S/C9H7BrN2O2/c1-14-9(13)5-2-7-8(3-6(5)10)12-4-11-7/h2-4H,1H3,(H,11,12). The number of methoxy groups -OCH3 is 1. The third-order valence-corrected chi connectivity index (χ3v) is 2.57. The Morgan fingerprint density at radius 3 is 3.07 bits per heavy atom. The molecule has 0 saturated carbocycles. The highest BCUT2D eigenvalue weighted by Gasteiger charge is 2.12. The van der Waals surface area contributed by atoms with Gasteiger partial charge in [-0.25, -0.2) is 9.78 Å². The fraction of sp³-hybridized carbons (Fsp3) is 0.111. The molecule has 4 nitrogen and oxygen atoms in total. The van der Waals surface area contributed by atoms with E-state index in [0.29, 0.717) is 10.0 Å². The summed E-state index contributed by atoms with van der Waals surface area (Å²) in [5.74, 6) is -0.373. The zero-order chi connectivity index (χ0) is 10.1. The molecular formula is C9H7BrN2O2. The number of nitrogens with one attached hydrogen (secondary N) is 1. The Morgan fingerprint density at radius 2 is 2.36 bits per heavy atom. The largest absolute Gasteiger partial charge is 0.465 e. The number of hydrogen-bond donors (Lipinski definition) is 1. The number of rotatable bonds is 1. The lowest BCUT2D eigenvalue weighted by atomic mass is 10.2. The van der Waals surface area contributed by atoms with Crippen molar-refractivity contribution in [1.82, 2.24) is 9.97 Å². The Kier molecular flexibility index (Phi) is 2.25. The van der Waals surface area contributed by atoms with Crippen molar-refractivity contribution in [2.75, 3.05) is 7.11 Å². The zero-order valence-corrected chi connectivity index (χ0v) is 8.96. The molecule has 14 heavy (non-hydrogen) atoms. The fourth-order valence-electron chi connectivity index (χ4n) is 1.22. The summed E-state index contributed by atoms with van der Waals surface area (Å²) in [6.45, 7) is 0. The summed E-state index contributed by atoms with van der Waals surface area (Å²) in [5.41, 5.74) is 2.10. The first-order valence-corrected chi connectivity index (χ1v) is 4.72. The van der Waals surface area contributed by atoms with Crippen molar-refractivity contribution in [1.29, 1.82) is 0 Å². The molecule has 1 aromatic heterocycles. The first-order chi connectivity index (χ1) is 6.72. The van der Waals surface area contributed by atoms with Crippen LogP contribution >= 0.6 is 15.9 Å². The van der Waals surface area contributed by atoms with Crippen LogP contribution in [0, 0.1) is 0 Å². The topological polar surface area (TPSA) is 55.0 Å². The van der Waals surface area contributed by atoms with Crippen molar-refractivity contribution in [3.05, 3.63) is 28.5 Å². The average Bonchev–Trinajstić information content (AvgIpc) is 2.62. The number of H-pyrrole nitrogens is 1. The van der Waals surface area contributed by atoms with E-state index < -0.39 is 0 Å². The zero-order valence-electron chi connectivity index (χ0n) is 7.37. The maximum absolute atomic E-state index is 11.3. The normalized spacial score (nSPS) is 10.4. The van der Waals surface area contributed by atoms with Gasteiger partial charge in [-0.05, 0) is 28.1 Å². The summed E-state index contributed by atoms with van der Waals surface area (Å²) in [4.78, 5) is 18.3. The molecule has 0 radical (unpaired) electrons. The highest BCUT2D eigenvalue weighted by atomic mass is 79.9. The first kappa shape index (κ1) is 9.21. The van der Waals surface area contributed by atoms with Crippen molar-refractivity contribution >= 4 is 32.9 Å². The number of esters is 1. The lowest BCUT2D eigenvalue weighted by Crippen LogP contribution is -2.01. The Hall–Kier alpha value is -1.36. The van der Waals surface area contributed by atoms with Crippen LogP contribution in [0.15, 0.2) is 22.9 Å². The number of aromatic nitrogens is 2. The van der Waals surface area contributed by atoms with Crippen molar-refractivity contribution in [3.8, 4) is 0 Å². The summed E-state index contributed by atoms with van der Waals surface area (Å²) in [6.07, 6.45) is 1.58. The van der Waals surface area contributed by atoms with Crippen LogP contribution in [0.3, 0.4) is 0 Å². The first-order valence-electron chi connectivity index (χ1n) is 3.93. The second kappa shape index (κ2) is 3.42. The van der Waals surface area contributed by atoms with Crippen LogP contribution in [0.25, 0.3) is 11.0 Å². The summed E-state index contributed by atoms with van der Waals surface area (Å²) in [5, 5.41) is 0. The molecule has 2 rings (SSSR count). The monoisotopic (exact) mass is 254 g/mol. The molecule has 0 fully saturated rings. The fourth-order valence-corrected chi connectivity index (χ4v) is 1.73. The van der Waals surface area contributed by atoms with Gasteiger partial charge in [-0.2, -0.15) is 0 Å². The Morgan fingerprint density at radius 1 is 1.57 bits per heavy atom. The number of carbonyl (C=O) groups is 1.